The van der Waals surface area contributed by atoms with Gasteiger partial charge in [0.05, 0.1) is 6.10 Å². The Kier molecular flexibility index (Phi) is 5.61. The summed E-state index contributed by atoms with van der Waals surface area (Å²) in [5.74, 6) is -0.857. The summed E-state index contributed by atoms with van der Waals surface area (Å²) in [5, 5.41) is 14.5. The number of hydrogen-bond acceptors (Lipinski definition) is 3. The summed E-state index contributed by atoms with van der Waals surface area (Å²) in [7, 11) is 0. The lowest BCUT2D eigenvalue weighted by Gasteiger charge is -2.51. The third-order valence-electron chi connectivity index (χ3n) is 4.27. The Morgan fingerprint density at radius 2 is 2.00 bits per heavy atom. The fourth-order valence-electron chi connectivity index (χ4n) is 2.60. The Morgan fingerprint density at radius 3 is 2.48 bits per heavy atom. The summed E-state index contributed by atoms with van der Waals surface area (Å²) in [6.45, 7) is 10.5. The highest BCUT2D eigenvalue weighted by Gasteiger charge is 2.49. The van der Waals surface area contributed by atoms with Gasteiger partial charge in [-0.25, -0.2) is 4.79 Å². The average Bonchev–Trinajstić information content (AvgIpc) is 2.35. The van der Waals surface area contributed by atoms with Crippen LogP contribution in [0.5, 0.6) is 0 Å². The van der Waals surface area contributed by atoms with Crippen LogP contribution in [0.15, 0.2) is 0 Å². The van der Waals surface area contributed by atoms with Crippen LogP contribution in [-0.4, -0.2) is 41.4 Å². The molecule has 2 atom stereocenters. The number of carboxylic acid groups (broad SMARTS) is 1. The first kappa shape index (κ1) is 17.8. The van der Waals surface area contributed by atoms with Gasteiger partial charge in [0.15, 0.2) is 0 Å². The lowest BCUT2D eigenvalue weighted by atomic mass is 9.64. The van der Waals surface area contributed by atoms with Crippen molar-refractivity contribution in [3.8, 4) is 0 Å². The van der Waals surface area contributed by atoms with Crippen molar-refractivity contribution in [1.82, 2.24) is 10.6 Å². The van der Waals surface area contributed by atoms with Gasteiger partial charge in [-0.3, -0.25) is 4.79 Å². The van der Waals surface area contributed by atoms with Crippen LogP contribution in [0.25, 0.3) is 0 Å². The predicted octanol–water partition coefficient (Wildman–Crippen LogP) is 2.13. The maximum absolute atomic E-state index is 12.0. The van der Waals surface area contributed by atoms with Crippen molar-refractivity contribution in [2.24, 2.45) is 5.41 Å². The van der Waals surface area contributed by atoms with Crippen molar-refractivity contribution < 1.29 is 19.4 Å². The van der Waals surface area contributed by atoms with Gasteiger partial charge in [0, 0.05) is 30.0 Å². The second-order valence-corrected chi connectivity index (χ2v) is 6.93. The molecular formula is C15H28N2O4. The van der Waals surface area contributed by atoms with Crippen molar-refractivity contribution in [3.63, 3.8) is 0 Å². The van der Waals surface area contributed by atoms with E-state index in [0.29, 0.717) is 13.0 Å². The molecule has 21 heavy (non-hydrogen) atoms. The third-order valence-corrected chi connectivity index (χ3v) is 4.27. The molecule has 0 heterocycles. The van der Waals surface area contributed by atoms with Gasteiger partial charge in [0.25, 0.3) is 0 Å². The zero-order valence-corrected chi connectivity index (χ0v) is 13.7. The van der Waals surface area contributed by atoms with E-state index in [1.54, 1.807) is 0 Å². The normalized spacial score (nSPS) is 24.0. The highest BCUT2D eigenvalue weighted by molar-refractivity contribution is 5.75. The molecule has 2 unspecified atom stereocenters. The molecule has 0 aromatic rings. The molecular weight excluding hydrogens is 272 g/mol. The maximum atomic E-state index is 12.0. The van der Waals surface area contributed by atoms with E-state index < -0.39 is 11.5 Å². The van der Waals surface area contributed by atoms with Gasteiger partial charge in [0.2, 0.25) is 0 Å². The fraction of sp³-hybridized carbons (Fsp3) is 0.867. The van der Waals surface area contributed by atoms with Crippen LogP contribution in [0.3, 0.4) is 0 Å². The number of carbonyl (C=O) groups excluding carboxylic acids is 1. The minimum Gasteiger partial charge on any atom is -0.481 e. The Hall–Kier alpha value is -1.30. The quantitative estimate of drug-likeness (QED) is 0.672. The summed E-state index contributed by atoms with van der Waals surface area (Å²) >= 11 is 0. The molecule has 0 saturated heterocycles. The molecule has 6 nitrogen and oxygen atoms in total. The average molecular weight is 300 g/mol. The van der Waals surface area contributed by atoms with Gasteiger partial charge in [-0.1, -0.05) is 13.8 Å². The number of amides is 2. The van der Waals surface area contributed by atoms with E-state index in [4.69, 9.17) is 9.84 Å². The third kappa shape index (κ3) is 4.88. The molecule has 1 aliphatic carbocycles. The van der Waals surface area contributed by atoms with Gasteiger partial charge in [-0.05, 0) is 33.6 Å². The zero-order chi connectivity index (χ0) is 16.3. The second kappa shape index (κ2) is 6.64. The van der Waals surface area contributed by atoms with E-state index in [2.05, 4.69) is 24.5 Å². The summed E-state index contributed by atoms with van der Waals surface area (Å²) in [4.78, 5) is 22.7. The molecule has 1 aliphatic rings. The SMILES string of the molecule is CCOC1CC(NC(=O)NC(C)(C)CCC(=O)O)C1(C)C. The number of urea groups is 1. The first-order valence-corrected chi connectivity index (χ1v) is 7.50. The number of hydrogen-bond donors (Lipinski definition) is 3. The van der Waals surface area contributed by atoms with E-state index in [0.717, 1.165) is 6.42 Å². The summed E-state index contributed by atoms with van der Waals surface area (Å²) in [6.07, 6.45) is 1.41. The molecule has 0 bridgehead atoms. The van der Waals surface area contributed by atoms with Gasteiger partial charge in [-0.2, -0.15) is 0 Å². The van der Waals surface area contributed by atoms with E-state index in [1.165, 1.54) is 0 Å². The Morgan fingerprint density at radius 1 is 1.38 bits per heavy atom. The first-order valence-electron chi connectivity index (χ1n) is 7.50. The summed E-state index contributed by atoms with van der Waals surface area (Å²) in [6, 6.07) is -0.178. The molecule has 0 aliphatic heterocycles. The van der Waals surface area contributed by atoms with Crippen LogP contribution in [0.4, 0.5) is 4.79 Å². The van der Waals surface area contributed by atoms with E-state index >= 15 is 0 Å². The minimum atomic E-state index is -0.857. The number of aliphatic carboxylic acids is 1. The molecule has 0 radical (unpaired) electrons. The molecule has 2 amide bonds. The van der Waals surface area contributed by atoms with Gasteiger partial charge in [0.1, 0.15) is 0 Å². The monoisotopic (exact) mass is 300 g/mol. The largest absolute Gasteiger partial charge is 0.481 e. The van der Waals surface area contributed by atoms with Crippen LogP contribution in [0, 0.1) is 5.41 Å². The van der Waals surface area contributed by atoms with Crippen molar-refractivity contribution in [2.45, 2.75) is 71.6 Å². The van der Waals surface area contributed by atoms with Gasteiger partial charge >= 0.3 is 12.0 Å². The number of nitrogens with one attached hydrogen (secondary N) is 2. The van der Waals surface area contributed by atoms with Crippen molar-refractivity contribution >= 4 is 12.0 Å². The maximum Gasteiger partial charge on any atom is 0.315 e. The molecule has 6 heteroatoms. The smallest absolute Gasteiger partial charge is 0.315 e. The van der Waals surface area contributed by atoms with Crippen LogP contribution in [0.1, 0.15) is 53.9 Å². The molecule has 1 fully saturated rings. The van der Waals surface area contributed by atoms with Crippen LogP contribution in [-0.2, 0) is 9.53 Å². The van der Waals surface area contributed by atoms with Crippen LogP contribution >= 0.6 is 0 Å². The summed E-state index contributed by atoms with van der Waals surface area (Å²) in [5.41, 5.74) is -0.631. The van der Waals surface area contributed by atoms with Crippen molar-refractivity contribution in [1.29, 1.82) is 0 Å². The predicted molar refractivity (Wildman–Crippen MR) is 80.2 cm³/mol. The van der Waals surface area contributed by atoms with E-state index in [1.807, 2.05) is 20.8 Å². The second-order valence-electron chi connectivity index (χ2n) is 6.93. The molecule has 122 valence electrons. The van der Waals surface area contributed by atoms with Crippen molar-refractivity contribution in [3.05, 3.63) is 0 Å². The van der Waals surface area contributed by atoms with E-state index in [-0.39, 0.29) is 30.0 Å². The first-order chi connectivity index (χ1) is 9.58. The number of ether oxygens (including phenoxy) is 1. The fourth-order valence-corrected chi connectivity index (χ4v) is 2.60. The topological polar surface area (TPSA) is 87.7 Å². The zero-order valence-electron chi connectivity index (χ0n) is 13.7. The standard InChI is InChI=1S/C15H28N2O4/c1-6-21-11-9-10(15(11,4)5)16-13(20)17-14(2,3)8-7-12(18)19/h10-11H,6-9H2,1-5H3,(H,18,19)(H2,16,17,20). The minimum absolute atomic E-state index is 0.0363. The molecule has 0 aromatic carbocycles. The molecule has 0 aromatic heterocycles. The lowest BCUT2D eigenvalue weighted by molar-refractivity contribution is -0.137. The highest BCUT2D eigenvalue weighted by Crippen LogP contribution is 2.42. The Balaban J connectivity index is 2.43. The molecule has 1 saturated carbocycles. The lowest BCUT2D eigenvalue weighted by Crippen LogP contribution is -2.64. The van der Waals surface area contributed by atoms with E-state index in [9.17, 15) is 9.59 Å². The number of carboxylic acids is 1. The number of rotatable bonds is 7. The van der Waals surface area contributed by atoms with Crippen molar-refractivity contribution in [2.75, 3.05) is 6.61 Å². The van der Waals surface area contributed by atoms with Crippen LogP contribution in [0.2, 0.25) is 0 Å². The van der Waals surface area contributed by atoms with Crippen LogP contribution < -0.4 is 10.6 Å². The Labute approximate surface area is 126 Å². The summed E-state index contributed by atoms with van der Waals surface area (Å²) < 4.78 is 5.63. The highest BCUT2D eigenvalue weighted by atomic mass is 16.5. The molecule has 1 rings (SSSR count). The van der Waals surface area contributed by atoms with Gasteiger partial charge in [-0.15, -0.1) is 0 Å². The molecule has 3 N–H and O–H groups in total. The Bertz CT molecular complexity index is 393. The van der Waals surface area contributed by atoms with Gasteiger partial charge < -0.3 is 20.5 Å². The molecule has 0 spiro atoms. The number of carbonyl (C=O) groups is 2.